The van der Waals surface area contributed by atoms with Gasteiger partial charge in [-0.2, -0.15) is 16.6 Å². The van der Waals surface area contributed by atoms with Crippen LogP contribution in [0.3, 0.4) is 0 Å². The Kier molecular flexibility index (Phi) is 22.1. The van der Waals surface area contributed by atoms with Crippen LogP contribution in [0.5, 0.6) is 0 Å². The van der Waals surface area contributed by atoms with E-state index in [1.54, 1.807) is 0 Å². The number of hydrogen-bond acceptors (Lipinski definition) is 6. The summed E-state index contributed by atoms with van der Waals surface area (Å²) in [5.41, 5.74) is -2.31. The number of carboxylic acids is 1. The van der Waals surface area contributed by atoms with Crippen molar-refractivity contribution in [3.63, 3.8) is 0 Å². The quantitative estimate of drug-likeness (QED) is 0.0436. The summed E-state index contributed by atoms with van der Waals surface area (Å²) in [5, 5.41) is 9.66. The molecule has 0 aromatic carbocycles. The molecule has 0 aromatic rings. The Balaban J connectivity index is 4.53. The van der Waals surface area contributed by atoms with Gasteiger partial charge in [-0.25, -0.2) is 9.68 Å². The van der Waals surface area contributed by atoms with Gasteiger partial charge in [0, 0.05) is 5.25 Å². The normalized spacial score (nSPS) is 15.4. The van der Waals surface area contributed by atoms with Gasteiger partial charge in [0.05, 0.1) is 6.61 Å². The van der Waals surface area contributed by atoms with E-state index in [0.29, 0.717) is 6.42 Å². The largest absolute Gasteiger partial charge is 0.477 e. The first-order valence-electron chi connectivity index (χ1n) is 13.1. The minimum atomic E-state index is -2.31. The summed E-state index contributed by atoms with van der Waals surface area (Å²) < 4.78 is 16.8. The molecular formula is C25H49O6PS. The Bertz CT molecular complexity index is 482. The van der Waals surface area contributed by atoms with Crippen molar-refractivity contribution in [1.29, 1.82) is 0 Å². The first kappa shape index (κ1) is 32.8. The fraction of sp³-hybridized carbons (Fsp3) is 0.960. The van der Waals surface area contributed by atoms with Gasteiger partial charge in [-0.3, -0.25) is 4.57 Å². The minimum absolute atomic E-state index is 0.118. The first-order valence-corrected chi connectivity index (χ1v) is 15.0. The number of carboxylic acid groups (broad SMARTS) is 1. The van der Waals surface area contributed by atoms with Crippen molar-refractivity contribution in [2.24, 2.45) is 0 Å². The van der Waals surface area contributed by atoms with Crippen LogP contribution < -0.4 is 0 Å². The third-order valence-corrected chi connectivity index (χ3v) is 7.86. The second kappa shape index (κ2) is 22.3. The van der Waals surface area contributed by atoms with E-state index in [1.807, 2.05) is 25.6 Å². The molecule has 6 nitrogen and oxygen atoms in total. The lowest BCUT2D eigenvalue weighted by Gasteiger charge is -2.27. The zero-order valence-corrected chi connectivity index (χ0v) is 23.2. The second-order valence-corrected chi connectivity index (χ2v) is 10.9. The number of hydrogen-bond donors (Lipinski definition) is 1. The molecule has 3 atom stereocenters. The minimum Gasteiger partial charge on any atom is -0.477 e. The monoisotopic (exact) mass is 508 g/mol. The lowest BCUT2D eigenvalue weighted by molar-refractivity contribution is -0.402. The zero-order chi connectivity index (χ0) is 24.8. The Morgan fingerprint density at radius 3 is 1.94 bits per heavy atom. The summed E-state index contributed by atoms with van der Waals surface area (Å²) in [4.78, 5) is 22.3. The van der Waals surface area contributed by atoms with Crippen LogP contribution in [0, 0.1) is 0 Å². The number of ether oxygens (including phenoxy) is 1. The molecule has 0 saturated heterocycles. The molecule has 1 N–H and O–H groups in total. The van der Waals surface area contributed by atoms with Crippen molar-refractivity contribution in [3.8, 4) is 0 Å². The van der Waals surface area contributed by atoms with Crippen LogP contribution >= 0.6 is 20.2 Å². The number of rotatable bonds is 25. The standard InChI is InChI=1S/C25H49O6PS/c1-5-8-10-12-13-14-15-16-18-21-33-23(19-17-11-9-6-2)22(4)30-31-25(32-28,24(26)27)29-20-7-3/h22-23H,5-21H2,1-4H3,(H,26,27). The zero-order valence-electron chi connectivity index (χ0n) is 21.5. The molecule has 0 amide bonds. The van der Waals surface area contributed by atoms with Gasteiger partial charge in [-0.05, 0) is 31.9 Å². The Morgan fingerprint density at radius 1 is 0.879 bits per heavy atom. The highest BCUT2D eigenvalue weighted by Gasteiger charge is 2.45. The Hall–Kier alpha value is -0.200. The van der Waals surface area contributed by atoms with Gasteiger partial charge in [0.2, 0.25) is 8.46 Å². The first-order chi connectivity index (χ1) is 16.0. The van der Waals surface area contributed by atoms with E-state index in [4.69, 9.17) is 14.5 Å². The van der Waals surface area contributed by atoms with Crippen LogP contribution in [-0.4, -0.2) is 40.3 Å². The van der Waals surface area contributed by atoms with E-state index in [2.05, 4.69) is 13.8 Å². The second-order valence-electron chi connectivity index (χ2n) is 8.80. The Labute approximate surface area is 208 Å². The highest BCUT2D eigenvalue weighted by atomic mass is 32.2. The number of carbonyl (C=O) groups is 1. The van der Waals surface area contributed by atoms with E-state index in [0.717, 1.165) is 18.6 Å². The van der Waals surface area contributed by atoms with Crippen LogP contribution in [0.4, 0.5) is 0 Å². The number of unbranched alkanes of at least 4 members (excludes halogenated alkanes) is 11. The number of aliphatic carboxylic acids is 1. The predicted molar refractivity (Wildman–Crippen MR) is 138 cm³/mol. The van der Waals surface area contributed by atoms with Crippen molar-refractivity contribution >= 4 is 26.2 Å². The van der Waals surface area contributed by atoms with Gasteiger partial charge >= 0.3 is 11.5 Å². The maximum atomic E-state index is 11.6. The van der Waals surface area contributed by atoms with E-state index in [-0.39, 0.29) is 18.0 Å². The van der Waals surface area contributed by atoms with Crippen molar-refractivity contribution in [1.82, 2.24) is 0 Å². The summed E-state index contributed by atoms with van der Waals surface area (Å²) in [6, 6.07) is 0. The summed E-state index contributed by atoms with van der Waals surface area (Å²) in [6.07, 6.45) is 17.7. The SMILES string of the molecule is CCCCCCCCCCCSC(CCCCCC)C(C)OOC(OCCC)(P=O)C(=O)O. The number of thioether (sulfide) groups is 1. The van der Waals surface area contributed by atoms with Gasteiger partial charge in [0.15, 0.2) is 0 Å². The molecule has 0 heterocycles. The lowest BCUT2D eigenvalue weighted by Crippen LogP contribution is -2.41. The molecule has 0 fully saturated rings. The molecule has 196 valence electrons. The van der Waals surface area contributed by atoms with Gasteiger partial charge in [-0.15, -0.1) is 0 Å². The fourth-order valence-corrected chi connectivity index (χ4v) is 5.14. The molecule has 8 heteroatoms. The van der Waals surface area contributed by atoms with Gasteiger partial charge in [0.25, 0.3) is 0 Å². The average molecular weight is 509 g/mol. The molecule has 0 radical (unpaired) electrons. The highest BCUT2D eigenvalue weighted by molar-refractivity contribution is 7.99. The third-order valence-electron chi connectivity index (χ3n) is 5.65. The lowest BCUT2D eigenvalue weighted by atomic mass is 10.1. The van der Waals surface area contributed by atoms with E-state index >= 15 is 0 Å². The van der Waals surface area contributed by atoms with Crippen LogP contribution in [0.25, 0.3) is 0 Å². The highest BCUT2D eigenvalue weighted by Crippen LogP contribution is 2.31. The van der Waals surface area contributed by atoms with Crippen molar-refractivity contribution in [2.75, 3.05) is 12.4 Å². The summed E-state index contributed by atoms with van der Waals surface area (Å²) in [7, 11) is -0.785. The van der Waals surface area contributed by atoms with E-state index in [1.165, 1.54) is 77.0 Å². The van der Waals surface area contributed by atoms with Crippen molar-refractivity contribution in [3.05, 3.63) is 0 Å². The van der Waals surface area contributed by atoms with Gasteiger partial charge in [-0.1, -0.05) is 97.8 Å². The van der Waals surface area contributed by atoms with Crippen LogP contribution in [0.2, 0.25) is 0 Å². The van der Waals surface area contributed by atoms with E-state index in [9.17, 15) is 14.5 Å². The molecular weight excluding hydrogens is 459 g/mol. The topological polar surface area (TPSA) is 82.1 Å². The van der Waals surface area contributed by atoms with Gasteiger partial charge in [0.1, 0.15) is 6.10 Å². The van der Waals surface area contributed by atoms with E-state index < -0.39 is 20.0 Å². The maximum Gasteiger partial charge on any atom is 0.380 e. The summed E-state index contributed by atoms with van der Waals surface area (Å²) >= 11 is 1.87. The molecule has 0 aliphatic heterocycles. The molecule has 33 heavy (non-hydrogen) atoms. The van der Waals surface area contributed by atoms with Gasteiger partial charge < -0.3 is 9.84 Å². The summed E-state index contributed by atoms with van der Waals surface area (Å²) in [6.45, 7) is 8.29. The molecule has 0 bridgehead atoms. The smallest absolute Gasteiger partial charge is 0.380 e. The maximum absolute atomic E-state index is 11.6. The average Bonchev–Trinajstić information content (AvgIpc) is 2.81. The van der Waals surface area contributed by atoms with Crippen LogP contribution in [-0.2, 0) is 23.9 Å². The molecule has 0 aliphatic rings. The van der Waals surface area contributed by atoms with Crippen LogP contribution in [0.15, 0.2) is 0 Å². The molecule has 0 saturated carbocycles. The van der Waals surface area contributed by atoms with Crippen molar-refractivity contribution < 1.29 is 29.0 Å². The van der Waals surface area contributed by atoms with Crippen molar-refractivity contribution in [2.45, 2.75) is 141 Å². The Morgan fingerprint density at radius 2 is 1.42 bits per heavy atom. The molecule has 3 unspecified atom stereocenters. The molecule has 0 spiro atoms. The third kappa shape index (κ3) is 16.2. The molecule has 0 rings (SSSR count). The summed E-state index contributed by atoms with van der Waals surface area (Å²) in [5.74, 6) is -0.403. The molecule has 0 aliphatic carbocycles. The fourth-order valence-electron chi connectivity index (χ4n) is 3.52. The van der Waals surface area contributed by atoms with Crippen LogP contribution in [0.1, 0.15) is 124 Å². The predicted octanol–water partition coefficient (Wildman–Crippen LogP) is 8.38. The molecule has 0 aromatic heterocycles.